The van der Waals surface area contributed by atoms with Gasteiger partial charge in [0, 0.05) is 22.2 Å². The fourth-order valence-corrected chi connectivity index (χ4v) is 3.65. The summed E-state index contributed by atoms with van der Waals surface area (Å²) >= 11 is 1.52. The van der Waals surface area contributed by atoms with E-state index in [1.54, 1.807) is 12.3 Å². The topological polar surface area (TPSA) is 87.9 Å². The standard InChI is InChI=1S/C18H16N4OS/c1-2-15-16(17(23)14(20)11-19)13-9-6-10-21-18(13)22(15)24-12-7-4-3-5-8-12/h3-10,23H,2,20H2,1H3/b17-14+. The molecule has 0 aliphatic carbocycles. The molecule has 24 heavy (non-hydrogen) atoms. The second-order valence-corrected chi connectivity index (χ2v) is 6.14. The molecule has 2 aromatic heterocycles. The van der Waals surface area contributed by atoms with Gasteiger partial charge in [-0.3, -0.25) is 3.97 Å². The van der Waals surface area contributed by atoms with Crippen molar-refractivity contribution in [3.8, 4) is 6.07 Å². The highest BCUT2D eigenvalue weighted by Crippen LogP contribution is 2.35. The molecule has 120 valence electrons. The van der Waals surface area contributed by atoms with E-state index in [0.717, 1.165) is 21.6 Å². The minimum absolute atomic E-state index is 0.195. The van der Waals surface area contributed by atoms with Crippen molar-refractivity contribution in [2.45, 2.75) is 18.2 Å². The number of nitriles is 1. The van der Waals surface area contributed by atoms with Gasteiger partial charge < -0.3 is 10.8 Å². The molecule has 0 amide bonds. The lowest BCUT2D eigenvalue weighted by Gasteiger charge is -2.09. The quantitative estimate of drug-likeness (QED) is 0.558. The first-order chi connectivity index (χ1) is 11.7. The molecule has 0 aliphatic heterocycles. The smallest absolute Gasteiger partial charge is 0.159 e. The predicted octanol–water partition coefficient (Wildman–Crippen LogP) is 3.86. The first-order valence-corrected chi connectivity index (χ1v) is 8.25. The van der Waals surface area contributed by atoms with Crippen LogP contribution < -0.4 is 5.73 Å². The summed E-state index contributed by atoms with van der Waals surface area (Å²) in [5.41, 5.74) is 7.63. The Morgan fingerprint density at radius 1 is 1.29 bits per heavy atom. The number of allylic oxidation sites excluding steroid dienone is 1. The Balaban J connectivity index is 2.29. The zero-order valence-corrected chi connectivity index (χ0v) is 13.9. The highest BCUT2D eigenvalue weighted by atomic mass is 32.2. The number of pyridine rings is 1. The van der Waals surface area contributed by atoms with Crippen LogP contribution in [0.4, 0.5) is 0 Å². The Hall–Kier alpha value is -2.91. The molecule has 2 heterocycles. The zero-order valence-electron chi connectivity index (χ0n) is 13.1. The normalized spacial score (nSPS) is 12.0. The van der Waals surface area contributed by atoms with Crippen molar-refractivity contribution in [1.29, 1.82) is 5.26 Å². The summed E-state index contributed by atoms with van der Waals surface area (Å²) in [6.45, 7) is 2.00. The Bertz CT molecular complexity index is 954. The Morgan fingerprint density at radius 3 is 2.71 bits per heavy atom. The number of nitrogens with two attached hydrogens (primary N) is 1. The summed E-state index contributed by atoms with van der Waals surface area (Å²) in [6.07, 6.45) is 2.37. The van der Waals surface area contributed by atoms with Crippen LogP contribution >= 0.6 is 11.9 Å². The molecule has 0 aliphatic rings. The summed E-state index contributed by atoms with van der Waals surface area (Å²) in [4.78, 5) is 5.51. The van der Waals surface area contributed by atoms with Gasteiger partial charge in [-0.15, -0.1) is 0 Å². The van der Waals surface area contributed by atoms with Gasteiger partial charge in [-0.05, 0) is 42.6 Å². The van der Waals surface area contributed by atoms with Gasteiger partial charge >= 0.3 is 0 Å². The van der Waals surface area contributed by atoms with Crippen molar-refractivity contribution >= 4 is 28.7 Å². The molecule has 3 aromatic rings. The van der Waals surface area contributed by atoms with Crippen LogP contribution in [-0.4, -0.2) is 14.1 Å². The number of rotatable bonds is 4. The van der Waals surface area contributed by atoms with Crippen molar-refractivity contribution in [3.63, 3.8) is 0 Å². The third-order valence-electron chi connectivity index (χ3n) is 3.67. The van der Waals surface area contributed by atoms with E-state index in [9.17, 15) is 5.11 Å². The lowest BCUT2D eigenvalue weighted by molar-refractivity contribution is 0.507. The van der Waals surface area contributed by atoms with Gasteiger partial charge in [0.15, 0.2) is 17.1 Å². The van der Waals surface area contributed by atoms with Gasteiger partial charge in [0.1, 0.15) is 6.07 Å². The van der Waals surface area contributed by atoms with Crippen molar-refractivity contribution in [3.05, 3.63) is 65.6 Å². The number of hydrogen-bond donors (Lipinski definition) is 2. The van der Waals surface area contributed by atoms with E-state index in [-0.39, 0.29) is 11.5 Å². The molecular weight excluding hydrogens is 320 g/mol. The van der Waals surface area contributed by atoms with Crippen LogP contribution in [0.25, 0.3) is 16.8 Å². The average Bonchev–Trinajstić information content (AvgIpc) is 2.94. The maximum atomic E-state index is 10.5. The van der Waals surface area contributed by atoms with E-state index >= 15 is 0 Å². The van der Waals surface area contributed by atoms with Crippen molar-refractivity contribution in [2.24, 2.45) is 5.73 Å². The first kappa shape index (κ1) is 16.0. The number of aliphatic hydroxyl groups is 1. The van der Waals surface area contributed by atoms with Crippen LogP contribution in [0, 0.1) is 11.3 Å². The number of nitrogens with zero attached hydrogens (tertiary/aromatic N) is 3. The highest BCUT2D eigenvalue weighted by Gasteiger charge is 2.22. The molecule has 5 nitrogen and oxygen atoms in total. The number of aliphatic hydroxyl groups excluding tert-OH is 1. The lowest BCUT2D eigenvalue weighted by atomic mass is 10.1. The molecule has 6 heteroatoms. The Morgan fingerprint density at radius 2 is 2.04 bits per heavy atom. The number of benzene rings is 1. The molecule has 0 fully saturated rings. The van der Waals surface area contributed by atoms with E-state index in [4.69, 9.17) is 11.0 Å². The van der Waals surface area contributed by atoms with Crippen LogP contribution in [-0.2, 0) is 6.42 Å². The lowest BCUT2D eigenvalue weighted by Crippen LogP contribution is -2.02. The van der Waals surface area contributed by atoms with E-state index < -0.39 is 0 Å². The zero-order chi connectivity index (χ0) is 17.1. The fraction of sp³-hybridized carbons (Fsp3) is 0.111. The van der Waals surface area contributed by atoms with Gasteiger partial charge in [0.25, 0.3) is 0 Å². The second kappa shape index (κ2) is 6.69. The Kier molecular flexibility index (Phi) is 4.45. The van der Waals surface area contributed by atoms with E-state index in [2.05, 4.69) is 4.98 Å². The molecule has 1 aromatic carbocycles. The van der Waals surface area contributed by atoms with Gasteiger partial charge in [-0.25, -0.2) is 4.98 Å². The minimum atomic E-state index is -0.197. The van der Waals surface area contributed by atoms with Crippen molar-refractivity contribution < 1.29 is 5.11 Å². The molecule has 0 radical (unpaired) electrons. The predicted molar refractivity (Wildman–Crippen MR) is 96.2 cm³/mol. The summed E-state index contributed by atoms with van der Waals surface area (Å²) in [6, 6.07) is 15.4. The molecule has 0 saturated carbocycles. The van der Waals surface area contributed by atoms with E-state index in [1.165, 1.54) is 11.9 Å². The molecule has 0 unspecified atom stereocenters. The van der Waals surface area contributed by atoms with Gasteiger partial charge in [-0.2, -0.15) is 5.26 Å². The van der Waals surface area contributed by atoms with Gasteiger partial charge in [-0.1, -0.05) is 25.1 Å². The summed E-state index contributed by atoms with van der Waals surface area (Å²) in [5, 5.41) is 20.3. The highest BCUT2D eigenvalue weighted by molar-refractivity contribution is 7.98. The molecular formula is C18H16N4OS. The first-order valence-electron chi connectivity index (χ1n) is 7.48. The van der Waals surface area contributed by atoms with Crippen LogP contribution in [0.3, 0.4) is 0 Å². The fourth-order valence-electron chi connectivity index (χ4n) is 2.60. The Labute approximate surface area is 144 Å². The van der Waals surface area contributed by atoms with Crippen LogP contribution in [0.2, 0.25) is 0 Å². The average molecular weight is 336 g/mol. The minimum Gasteiger partial charge on any atom is -0.504 e. The van der Waals surface area contributed by atoms with Crippen LogP contribution in [0.1, 0.15) is 18.2 Å². The molecule has 0 bridgehead atoms. The third kappa shape index (κ3) is 2.70. The van der Waals surface area contributed by atoms with Crippen LogP contribution in [0.15, 0.2) is 59.3 Å². The monoisotopic (exact) mass is 336 g/mol. The second-order valence-electron chi connectivity index (χ2n) is 5.12. The van der Waals surface area contributed by atoms with Gasteiger partial charge in [0.05, 0.1) is 5.56 Å². The number of fused-ring (bicyclic) bond motifs is 1. The number of aromatic nitrogens is 2. The summed E-state index contributed by atoms with van der Waals surface area (Å²) in [7, 11) is 0. The molecule has 0 atom stereocenters. The molecule has 3 N–H and O–H groups in total. The van der Waals surface area contributed by atoms with Crippen molar-refractivity contribution in [1.82, 2.24) is 8.96 Å². The van der Waals surface area contributed by atoms with E-state index in [1.807, 2.05) is 53.4 Å². The summed E-state index contributed by atoms with van der Waals surface area (Å²) in [5.74, 6) is -0.195. The van der Waals surface area contributed by atoms with Crippen LogP contribution in [0.5, 0.6) is 0 Å². The van der Waals surface area contributed by atoms with Crippen molar-refractivity contribution in [2.75, 3.05) is 0 Å². The van der Waals surface area contributed by atoms with E-state index in [0.29, 0.717) is 12.0 Å². The maximum Gasteiger partial charge on any atom is 0.159 e. The van der Waals surface area contributed by atoms with Gasteiger partial charge in [0.2, 0.25) is 0 Å². The third-order valence-corrected chi connectivity index (χ3v) is 4.73. The SMILES string of the molecule is CCc1c(/C(O)=C(\N)C#N)c2cccnc2n1Sc1ccccc1. The molecule has 3 rings (SSSR count). The maximum absolute atomic E-state index is 10.5. The number of hydrogen-bond acceptors (Lipinski definition) is 5. The summed E-state index contributed by atoms with van der Waals surface area (Å²) < 4.78 is 1.99. The largest absolute Gasteiger partial charge is 0.504 e. The molecule has 0 spiro atoms. The molecule has 0 saturated heterocycles.